The number of carbonyl (C=O) groups excluding carboxylic acids is 1. The minimum atomic E-state index is -3.83. The molecule has 0 saturated carbocycles. The van der Waals surface area contributed by atoms with E-state index in [0.717, 1.165) is 16.9 Å². The number of aryl methyl sites for hydroxylation is 1. The van der Waals surface area contributed by atoms with Crippen molar-refractivity contribution in [1.82, 2.24) is 9.62 Å². The first-order chi connectivity index (χ1) is 13.9. The normalized spacial score (nSPS) is 16.9. The lowest BCUT2D eigenvalue weighted by atomic mass is 9.95. The fourth-order valence-corrected chi connectivity index (χ4v) is 5.16. The van der Waals surface area contributed by atoms with Crippen LogP contribution >= 0.6 is 0 Å². The van der Waals surface area contributed by atoms with E-state index in [1.54, 1.807) is 36.4 Å². The molecule has 0 unspecified atom stereocenters. The van der Waals surface area contributed by atoms with Gasteiger partial charge in [-0.25, -0.2) is 8.42 Å². The maximum atomic E-state index is 13.3. The maximum absolute atomic E-state index is 13.3. The molecule has 7 heteroatoms. The van der Waals surface area contributed by atoms with Crippen LogP contribution in [0.2, 0.25) is 0 Å². The van der Waals surface area contributed by atoms with E-state index in [1.807, 2.05) is 37.3 Å². The van der Waals surface area contributed by atoms with Gasteiger partial charge in [0.15, 0.2) is 0 Å². The lowest BCUT2D eigenvalue weighted by Gasteiger charge is -2.35. The van der Waals surface area contributed by atoms with Crippen molar-refractivity contribution < 1.29 is 17.6 Å². The Morgan fingerprint density at radius 1 is 1.03 bits per heavy atom. The Kier molecular flexibility index (Phi) is 5.25. The molecule has 1 amide bonds. The summed E-state index contributed by atoms with van der Waals surface area (Å²) in [4.78, 5) is 13.2. The van der Waals surface area contributed by atoms with E-state index in [2.05, 4.69) is 5.32 Å². The average molecular weight is 410 g/mol. The minimum Gasteiger partial charge on any atom is -0.465 e. The molecule has 0 fully saturated rings. The van der Waals surface area contributed by atoms with Gasteiger partial charge in [-0.05, 0) is 48.7 Å². The van der Waals surface area contributed by atoms with E-state index < -0.39 is 16.1 Å². The molecule has 0 spiro atoms. The lowest BCUT2D eigenvalue weighted by Crippen LogP contribution is -2.52. The van der Waals surface area contributed by atoms with Crippen molar-refractivity contribution >= 4 is 15.9 Å². The molecule has 1 aromatic heterocycles. The molecule has 3 aromatic rings. The molecule has 0 radical (unpaired) electrons. The van der Waals surface area contributed by atoms with E-state index in [-0.39, 0.29) is 23.9 Å². The third-order valence-electron chi connectivity index (χ3n) is 5.09. The van der Waals surface area contributed by atoms with Crippen LogP contribution in [0.25, 0.3) is 0 Å². The Labute approximate surface area is 170 Å². The summed E-state index contributed by atoms with van der Waals surface area (Å²) in [6, 6.07) is 18.7. The second-order valence-electron chi connectivity index (χ2n) is 7.08. The number of rotatable bonds is 5. The molecule has 1 N–H and O–H groups in total. The van der Waals surface area contributed by atoms with E-state index in [9.17, 15) is 13.2 Å². The minimum absolute atomic E-state index is 0.158. The van der Waals surface area contributed by atoms with Gasteiger partial charge in [0.1, 0.15) is 17.6 Å². The summed E-state index contributed by atoms with van der Waals surface area (Å²) in [5.74, 6) is 1.05. The average Bonchev–Trinajstić information content (AvgIpc) is 3.16. The van der Waals surface area contributed by atoms with Gasteiger partial charge in [-0.15, -0.1) is 0 Å². The van der Waals surface area contributed by atoms with Crippen molar-refractivity contribution in [3.05, 3.63) is 89.4 Å². The number of hydrogen-bond acceptors (Lipinski definition) is 4. The molecule has 1 atom stereocenters. The highest BCUT2D eigenvalue weighted by atomic mass is 32.2. The first-order valence-electron chi connectivity index (χ1n) is 9.42. The van der Waals surface area contributed by atoms with Crippen LogP contribution < -0.4 is 5.32 Å². The van der Waals surface area contributed by atoms with Crippen molar-refractivity contribution in [2.75, 3.05) is 0 Å². The zero-order valence-electron chi connectivity index (χ0n) is 16.0. The third kappa shape index (κ3) is 3.97. The first-order valence-corrected chi connectivity index (χ1v) is 10.9. The summed E-state index contributed by atoms with van der Waals surface area (Å²) in [5.41, 5.74) is 1.90. The number of benzene rings is 2. The standard InChI is InChI=1S/C22H22N2O4S/c1-16-11-12-19(28-16)14-23-22(25)21-13-17-7-5-6-8-18(17)15-24(21)29(26,27)20-9-3-2-4-10-20/h2-12,21H,13-15H2,1H3,(H,23,25)/t21-/m0/s1. The second-order valence-corrected chi connectivity index (χ2v) is 8.97. The molecule has 150 valence electrons. The second kappa shape index (κ2) is 7.85. The first kappa shape index (κ1) is 19.4. The zero-order valence-corrected chi connectivity index (χ0v) is 16.9. The van der Waals surface area contributed by atoms with Gasteiger partial charge in [0, 0.05) is 6.54 Å². The summed E-state index contributed by atoms with van der Waals surface area (Å²) in [6.07, 6.45) is 0.325. The van der Waals surface area contributed by atoms with Gasteiger partial charge in [-0.2, -0.15) is 4.31 Å². The Morgan fingerprint density at radius 2 is 1.72 bits per heavy atom. The van der Waals surface area contributed by atoms with Crippen molar-refractivity contribution in [2.24, 2.45) is 0 Å². The number of nitrogens with zero attached hydrogens (tertiary/aromatic N) is 1. The van der Waals surface area contributed by atoms with Gasteiger partial charge in [0.2, 0.25) is 15.9 Å². The van der Waals surface area contributed by atoms with E-state index in [0.29, 0.717) is 12.2 Å². The Bertz CT molecular complexity index is 1120. The van der Waals surface area contributed by atoms with Crippen molar-refractivity contribution in [3.63, 3.8) is 0 Å². The van der Waals surface area contributed by atoms with E-state index in [4.69, 9.17) is 4.42 Å². The topological polar surface area (TPSA) is 79.6 Å². The number of hydrogen-bond donors (Lipinski definition) is 1. The number of fused-ring (bicyclic) bond motifs is 1. The van der Waals surface area contributed by atoms with Gasteiger partial charge in [0.05, 0.1) is 11.4 Å². The number of amides is 1. The summed E-state index contributed by atoms with van der Waals surface area (Å²) in [6.45, 7) is 2.20. The Balaban J connectivity index is 1.64. The van der Waals surface area contributed by atoms with Crippen molar-refractivity contribution in [3.8, 4) is 0 Å². The number of furan rings is 1. The molecular formula is C22H22N2O4S. The highest BCUT2D eigenvalue weighted by Gasteiger charge is 2.39. The Morgan fingerprint density at radius 3 is 2.41 bits per heavy atom. The molecule has 1 aliphatic heterocycles. The molecular weight excluding hydrogens is 388 g/mol. The predicted molar refractivity (Wildman–Crippen MR) is 108 cm³/mol. The van der Waals surface area contributed by atoms with Gasteiger partial charge in [-0.1, -0.05) is 42.5 Å². The molecule has 2 aromatic carbocycles. The number of nitrogens with one attached hydrogen (secondary N) is 1. The molecule has 4 rings (SSSR count). The van der Waals surface area contributed by atoms with E-state index >= 15 is 0 Å². The quantitative estimate of drug-likeness (QED) is 0.701. The molecule has 1 aliphatic rings. The molecule has 6 nitrogen and oxygen atoms in total. The van der Waals surface area contributed by atoms with Crippen LogP contribution in [0.5, 0.6) is 0 Å². The molecule has 0 saturated heterocycles. The van der Waals surface area contributed by atoms with Gasteiger partial charge < -0.3 is 9.73 Å². The van der Waals surface area contributed by atoms with Gasteiger partial charge in [0.25, 0.3) is 0 Å². The maximum Gasteiger partial charge on any atom is 0.244 e. The van der Waals surface area contributed by atoms with Crippen LogP contribution in [-0.2, 0) is 34.3 Å². The molecule has 2 heterocycles. The third-order valence-corrected chi connectivity index (χ3v) is 6.96. The molecule has 0 aliphatic carbocycles. The highest BCUT2D eigenvalue weighted by Crippen LogP contribution is 2.29. The summed E-state index contributed by atoms with van der Waals surface area (Å²) in [5, 5.41) is 2.83. The van der Waals surface area contributed by atoms with Gasteiger partial charge >= 0.3 is 0 Å². The van der Waals surface area contributed by atoms with Crippen LogP contribution in [0.3, 0.4) is 0 Å². The smallest absolute Gasteiger partial charge is 0.244 e. The SMILES string of the molecule is Cc1ccc(CNC(=O)[C@@H]2Cc3ccccc3CN2S(=O)(=O)c2ccccc2)o1. The largest absolute Gasteiger partial charge is 0.465 e. The van der Waals surface area contributed by atoms with Crippen molar-refractivity contribution in [2.45, 2.75) is 37.4 Å². The number of carbonyl (C=O) groups is 1. The Hall–Kier alpha value is -2.90. The van der Waals surface area contributed by atoms with Crippen LogP contribution in [-0.4, -0.2) is 24.7 Å². The lowest BCUT2D eigenvalue weighted by molar-refractivity contribution is -0.125. The fourth-order valence-electron chi connectivity index (χ4n) is 3.58. The van der Waals surface area contributed by atoms with Crippen LogP contribution in [0.15, 0.2) is 76.0 Å². The van der Waals surface area contributed by atoms with Gasteiger partial charge in [-0.3, -0.25) is 4.79 Å². The summed E-state index contributed by atoms with van der Waals surface area (Å²) >= 11 is 0. The monoisotopic (exact) mass is 410 g/mol. The molecule has 0 bridgehead atoms. The van der Waals surface area contributed by atoms with Crippen LogP contribution in [0.4, 0.5) is 0 Å². The fraction of sp³-hybridized carbons (Fsp3) is 0.227. The van der Waals surface area contributed by atoms with E-state index in [1.165, 1.54) is 4.31 Å². The summed E-state index contributed by atoms with van der Waals surface area (Å²) in [7, 11) is -3.83. The number of sulfonamides is 1. The zero-order chi connectivity index (χ0) is 20.4. The summed E-state index contributed by atoms with van der Waals surface area (Å²) < 4.78 is 33.4. The highest BCUT2D eigenvalue weighted by molar-refractivity contribution is 7.89. The predicted octanol–water partition coefficient (Wildman–Crippen LogP) is 3.02. The van der Waals surface area contributed by atoms with Crippen LogP contribution in [0, 0.1) is 6.92 Å². The van der Waals surface area contributed by atoms with Crippen LogP contribution in [0.1, 0.15) is 22.6 Å². The molecule has 29 heavy (non-hydrogen) atoms. The van der Waals surface area contributed by atoms with Crippen molar-refractivity contribution in [1.29, 1.82) is 0 Å².